The molecule has 0 fully saturated rings. The van der Waals surface area contributed by atoms with E-state index in [9.17, 15) is 0 Å². The highest BCUT2D eigenvalue weighted by Gasteiger charge is 2.17. The summed E-state index contributed by atoms with van der Waals surface area (Å²) < 4.78 is 5.42. The lowest BCUT2D eigenvalue weighted by Gasteiger charge is -2.21. The Kier molecular flexibility index (Phi) is 5.76. The van der Waals surface area contributed by atoms with E-state index in [1.165, 1.54) is 11.1 Å². The van der Waals surface area contributed by atoms with Gasteiger partial charge in [0.05, 0.1) is 7.11 Å². The van der Waals surface area contributed by atoms with E-state index in [-0.39, 0.29) is 6.04 Å². The second-order valence-electron chi connectivity index (χ2n) is 5.24. The smallest absolute Gasteiger partial charge is 0.217 e. The first-order valence-electron chi connectivity index (χ1n) is 7.53. The van der Waals surface area contributed by atoms with Crippen LogP contribution in [-0.4, -0.2) is 18.6 Å². The number of benzene rings is 1. The Labute approximate surface area is 127 Å². The lowest BCUT2D eigenvalue weighted by molar-refractivity contribution is 0.381. The van der Waals surface area contributed by atoms with Crippen LogP contribution in [0.4, 0.5) is 0 Å². The molecule has 0 aliphatic carbocycles. The monoisotopic (exact) mass is 284 g/mol. The lowest BCUT2D eigenvalue weighted by atomic mass is 9.96. The minimum atomic E-state index is 0.217. The maximum atomic E-state index is 5.42. The fourth-order valence-corrected chi connectivity index (χ4v) is 2.51. The van der Waals surface area contributed by atoms with Crippen LogP contribution in [0.2, 0.25) is 0 Å². The van der Waals surface area contributed by atoms with E-state index in [0.717, 1.165) is 24.9 Å². The molecule has 0 spiro atoms. The molecule has 1 aromatic carbocycles. The average Bonchev–Trinajstić information content (AvgIpc) is 2.53. The van der Waals surface area contributed by atoms with Gasteiger partial charge in [-0.3, -0.25) is 0 Å². The van der Waals surface area contributed by atoms with Crippen molar-refractivity contribution < 1.29 is 4.74 Å². The quantitative estimate of drug-likeness (QED) is 0.842. The first-order valence-corrected chi connectivity index (χ1v) is 7.53. The molecule has 1 heterocycles. The van der Waals surface area contributed by atoms with Crippen molar-refractivity contribution in [1.82, 2.24) is 10.3 Å². The van der Waals surface area contributed by atoms with Crippen molar-refractivity contribution in [3.05, 3.63) is 59.3 Å². The summed E-state index contributed by atoms with van der Waals surface area (Å²) in [5.74, 6) is 0.708. The van der Waals surface area contributed by atoms with Gasteiger partial charge in [0.2, 0.25) is 5.88 Å². The Balaban J connectivity index is 2.28. The third-order valence-corrected chi connectivity index (χ3v) is 3.70. The molecule has 2 aromatic rings. The molecule has 2 rings (SSSR count). The zero-order valence-electron chi connectivity index (χ0n) is 13.1. The van der Waals surface area contributed by atoms with Gasteiger partial charge in [-0.2, -0.15) is 0 Å². The normalized spacial score (nSPS) is 12.1. The molecule has 0 aliphatic heterocycles. The standard InChI is InChI=1S/C18H24N2O/c1-4-11-19-17(13-15-9-6-5-8-14(15)2)16-10-7-12-20-18(16)21-3/h5-10,12,17,19H,4,11,13H2,1-3H3. The summed E-state index contributed by atoms with van der Waals surface area (Å²) >= 11 is 0. The van der Waals surface area contributed by atoms with E-state index < -0.39 is 0 Å². The predicted molar refractivity (Wildman–Crippen MR) is 86.7 cm³/mol. The number of rotatable bonds is 7. The molecule has 21 heavy (non-hydrogen) atoms. The predicted octanol–water partition coefficient (Wildman–Crippen LogP) is 3.68. The van der Waals surface area contributed by atoms with Crippen molar-refractivity contribution in [1.29, 1.82) is 0 Å². The Morgan fingerprint density at radius 3 is 2.71 bits per heavy atom. The molecule has 112 valence electrons. The molecule has 0 saturated carbocycles. The van der Waals surface area contributed by atoms with Gasteiger partial charge in [-0.05, 0) is 43.5 Å². The molecule has 1 atom stereocenters. The molecule has 0 radical (unpaired) electrons. The zero-order valence-corrected chi connectivity index (χ0v) is 13.1. The van der Waals surface area contributed by atoms with Crippen LogP contribution in [0.15, 0.2) is 42.6 Å². The Bertz CT molecular complexity index is 569. The van der Waals surface area contributed by atoms with Crippen LogP contribution in [0.1, 0.15) is 36.1 Å². The number of nitrogens with zero attached hydrogens (tertiary/aromatic N) is 1. The van der Waals surface area contributed by atoms with Crippen LogP contribution in [0.5, 0.6) is 5.88 Å². The Hall–Kier alpha value is -1.87. The van der Waals surface area contributed by atoms with Crippen molar-refractivity contribution >= 4 is 0 Å². The SMILES string of the molecule is CCCNC(Cc1ccccc1C)c1cccnc1OC. The van der Waals surface area contributed by atoms with Gasteiger partial charge >= 0.3 is 0 Å². The van der Waals surface area contributed by atoms with Gasteiger partial charge in [-0.1, -0.05) is 37.3 Å². The second kappa shape index (κ2) is 7.79. The van der Waals surface area contributed by atoms with Gasteiger partial charge in [-0.25, -0.2) is 4.98 Å². The molecule has 1 unspecified atom stereocenters. The molecule has 0 aliphatic rings. The van der Waals surface area contributed by atoms with E-state index in [4.69, 9.17) is 4.74 Å². The van der Waals surface area contributed by atoms with Gasteiger partial charge in [0.1, 0.15) is 0 Å². The number of aromatic nitrogens is 1. The summed E-state index contributed by atoms with van der Waals surface area (Å²) in [7, 11) is 1.68. The molecule has 3 nitrogen and oxygen atoms in total. The summed E-state index contributed by atoms with van der Waals surface area (Å²) in [6.45, 7) is 5.32. The van der Waals surface area contributed by atoms with Crippen LogP contribution in [-0.2, 0) is 6.42 Å². The van der Waals surface area contributed by atoms with Crippen LogP contribution in [0, 0.1) is 6.92 Å². The number of aryl methyl sites for hydroxylation is 1. The first-order chi connectivity index (χ1) is 10.3. The minimum Gasteiger partial charge on any atom is -0.481 e. The largest absolute Gasteiger partial charge is 0.481 e. The summed E-state index contributed by atoms with van der Waals surface area (Å²) in [4.78, 5) is 4.33. The van der Waals surface area contributed by atoms with Crippen molar-refractivity contribution in [3.63, 3.8) is 0 Å². The van der Waals surface area contributed by atoms with Crippen LogP contribution < -0.4 is 10.1 Å². The molecular weight excluding hydrogens is 260 g/mol. The molecule has 0 bridgehead atoms. The highest BCUT2D eigenvalue weighted by Crippen LogP contribution is 2.26. The van der Waals surface area contributed by atoms with E-state index in [1.54, 1.807) is 13.3 Å². The number of pyridine rings is 1. The Morgan fingerprint density at radius 1 is 1.19 bits per heavy atom. The van der Waals surface area contributed by atoms with Crippen molar-refractivity contribution in [2.24, 2.45) is 0 Å². The average molecular weight is 284 g/mol. The van der Waals surface area contributed by atoms with Crippen molar-refractivity contribution in [3.8, 4) is 5.88 Å². The van der Waals surface area contributed by atoms with Gasteiger partial charge in [0.25, 0.3) is 0 Å². The molecular formula is C18H24N2O. The number of nitrogens with one attached hydrogen (secondary N) is 1. The highest BCUT2D eigenvalue weighted by molar-refractivity contribution is 5.33. The number of ether oxygens (including phenoxy) is 1. The molecule has 1 aromatic heterocycles. The van der Waals surface area contributed by atoms with Gasteiger partial charge in [0.15, 0.2) is 0 Å². The van der Waals surface area contributed by atoms with Gasteiger partial charge < -0.3 is 10.1 Å². The lowest BCUT2D eigenvalue weighted by Crippen LogP contribution is -2.25. The maximum absolute atomic E-state index is 5.42. The van der Waals surface area contributed by atoms with E-state index in [1.807, 2.05) is 6.07 Å². The summed E-state index contributed by atoms with van der Waals surface area (Å²) in [6, 6.07) is 12.8. The molecule has 3 heteroatoms. The molecule has 0 saturated heterocycles. The van der Waals surface area contributed by atoms with Crippen LogP contribution >= 0.6 is 0 Å². The third-order valence-electron chi connectivity index (χ3n) is 3.70. The highest BCUT2D eigenvalue weighted by atomic mass is 16.5. The maximum Gasteiger partial charge on any atom is 0.217 e. The number of hydrogen-bond donors (Lipinski definition) is 1. The summed E-state index contributed by atoms with van der Waals surface area (Å²) in [5.41, 5.74) is 3.80. The second-order valence-corrected chi connectivity index (χ2v) is 5.24. The number of methoxy groups -OCH3 is 1. The van der Waals surface area contributed by atoms with Crippen molar-refractivity contribution in [2.75, 3.05) is 13.7 Å². The Morgan fingerprint density at radius 2 is 2.00 bits per heavy atom. The minimum absolute atomic E-state index is 0.217. The van der Waals surface area contributed by atoms with Gasteiger partial charge in [0, 0.05) is 17.8 Å². The van der Waals surface area contributed by atoms with Crippen LogP contribution in [0.25, 0.3) is 0 Å². The van der Waals surface area contributed by atoms with E-state index in [2.05, 4.69) is 54.5 Å². The first kappa shape index (κ1) is 15.5. The van der Waals surface area contributed by atoms with Gasteiger partial charge in [-0.15, -0.1) is 0 Å². The molecule has 1 N–H and O–H groups in total. The van der Waals surface area contributed by atoms with E-state index in [0.29, 0.717) is 5.88 Å². The topological polar surface area (TPSA) is 34.2 Å². The number of hydrogen-bond acceptors (Lipinski definition) is 3. The van der Waals surface area contributed by atoms with Crippen molar-refractivity contribution in [2.45, 2.75) is 32.7 Å². The molecule has 0 amide bonds. The van der Waals surface area contributed by atoms with Crippen LogP contribution in [0.3, 0.4) is 0 Å². The summed E-state index contributed by atoms with van der Waals surface area (Å²) in [5, 5.41) is 3.62. The fourth-order valence-electron chi connectivity index (χ4n) is 2.51. The van der Waals surface area contributed by atoms with E-state index >= 15 is 0 Å². The fraction of sp³-hybridized carbons (Fsp3) is 0.389. The zero-order chi connectivity index (χ0) is 15.1. The third kappa shape index (κ3) is 4.05. The summed E-state index contributed by atoms with van der Waals surface area (Å²) in [6.07, 6.45) is 3.81.